The van der Waals surface area contributed by atoms with Crippen LogP contribution in [0.2, 0.25) is 0 Å². The highest BCUT2D eigenvalue weighted by atomic mass is 19.1. The van der Waals surface area contributed by atoms with Crippen molar-refractivity contribution < 1.29 is 33.0 Å². The minimum absolute atomic E-state index is 0.0477. The molecule has 2 unspecified atom stereocenters. The molecule has 232 valence electrons. The molecule has 0 aliphatic carbocycles. The summed E-state index contributed by atoms with van der Waals surface area (Å²) in [6.45, 7) is 20.2. The standard InChI is InChI=1S/C31H40FN5O6/c1-18-14-22(16-33)17-34-24(18)25(38)35-19(2)12-13-23(32)21(4)31(11)15-20(3)41-26(36-31)37(27(39)42-29(5,6)7)28(40)43-30(8,9)10/h12-14,17,20H,4,15H2,1-3,5-11H3,(H,35,38). The van der Waals surface area contributed by atoms with E-state index in [-0.39, 0.29) is 17.7 Å². The number of nitriles is 1. The molecule has 0 aromatic carbocycles. The van der Waals surface area contributed by atoms with Crippen molar-refractivity contribution in [3.8, 4) is 6.07 Å². The summed E-state index contributed by atoms with van der Waals surface area (Å²) in [7, 11) is 0. The van der Waals surface area contributed by atoms with Crippen molar-refractivity contribution in [2.75, 3.05) is 0 Å². The van der Waals surface area contributed by atoms with E-state index in [2.05, 4.69) is 21.9 Å². The maximum absolute atomic E-state index is 15.5. The van der Waals surface area contributed by atoms with Crippen LogP contribution in [0.5, 0.6) is 0 Å². The number of nitrogens with zero attached hydrogens (tertiary/aromatic N) is 4. The maximum Gasteiger partial charge on any atom is 0.428 e. The summed E-state index contributed by atoms with van der Waals surface area (Å²) < 4.78 is 32.0. The Morgan fingerprint density at radius 3 is 2.23 bits per heavy atom. The fraction of sp³-hybridized carbons (Fsp3) is 0.484. The van der Waals surface area contributed by atoms with Crippen molar-refractivity contribution in [3.63, 3.8) is 0 Å². The molecule has 1 aliphatic heterocycles. The molecule has 0 saturated heterocycles. The molecular weight excluding hydrogens is 557 g/mol. The molecule has 3 amide bonds. The number of amidine groups is 1. The summed E-state index contributed by atoms with van der Waals surface area (Å²) in [5.74, 6) is -1.27. The zero-order chi connectivity index (χ0) is 32.9. The second-order valence-corrected chi connectivity index (χ2v) is 12.4. The van der Waals surface area contributed by atoms with E-state index in [1.54, 1.807) is 75.3 Å². The number of aliphatic imine (C=N–C) groups is 1. The number of rotatable bonds is 5. The summed E-state index contributed by atoms with van der Waals surface area (Å²) in [5.41, 5.74) is -1.99. The molecule has 2 heterocycles. The second kappa shape index (κ2) is 13.2. The SMILES string of the molecule is C=C(C(F)=CC=C(C)NC(=O)c1ncc(C#N)cc1C)C1(C)CC(C)OC(N(C(=O)OC(C)(C)C)C(=O)OC(C)(C)C)=N1. The predicted octanol–water partition coefficient (Wildman–Crippen LogP) is 6.40. The normalized spacial score (nSPS) is 19.3. The minimum atomic E-state index is -1.33. The first-order chi connectivity index (χ1) is 19.7. The lowest BCUT2D eigenvalue weighted by molar-refractivity contribution is 0.00578. The van der Waals surface area contributed by atoms with Gasteiger partial charge in [-0.05, 0) is 93.0 Å². The molecule has 1 N–H and O–H groups in total. The van der Waals surface area contributed by atoms with Crippen LogP contribution in [0.4, 0.5) is 14.0 Å². The Morgan fingerprint density at radius 1 is 1.19 bits per heavy atom. The number of pyridine rings is 1. The molecule has 0 radical (unpaired) electrons. The fourth-order valence-electron chi connectivity index (χ4n) is 3.91. The largest absolute Gasteiger partial charge is 0.461 e. The number of nitrogens with one attached hydrogen (secondary N) is 1. The number of aromatic nitrogens is 1. The van der Waals surface area contributed by atoms with E-state index < -0.39 is 52.8 Å². The first-order valence-corrected chi connectivity index (χ1v) is 13.6. The first kappa shape index (κ1) is 34.7. The third-order valence-electron chi connectivity index (χ3n) is 5.83. The lowest BCUT2D eigenvalue weighted by Gasteiger charge is -2.37. The fourth-order valence-corrected chi connectivity index (χ4v) is 3.91. The number of allylic oxidation sites excluding steroid dienone is 3. The van der Waals surface area contributed by atoms with Crippen LogP contribution in [0.15, 0.2) is 53.1 Å². The Bertz CT molecular complexity index is 1400. The molecule has 43 heavy (non-hydrogen) atoms. The molecule has 1 aromatic rings. The lowest BCUT2D eigenvalue weighted by atomic mass is 9.86. The summed E-state index contributed by atoms with van der Waals surface area (Å²) in [6.07, 6.45) is 1.20. The number of ether oxygens (including phenoxy) is 3. The molecule has 11 nitrogen and oxygen atoms in total. The van der Waals surface area contributed by atoms with E-state index in [0.717, 1.165) is 6.08 Å². The van der Waals surface area contributed by atoms with Gasteiger partial charge in [-0.15, -0.1) is 4.90 Å². The number of hydrogen-bond acceptors (Lipinski definition) is 9. The van der Waals surface area contributed by atoms with Gasteiger partial charge in [-0.1, -0.05) is 6.58 Å². The van der Waals surface area contributed by atoms with E-state index in [1.165, 1.54) is 12.3 Å². The van der Waals surface area contributed by atoms with Gasteiger partial charge >= 0.3 is 18.2 Å². The molecule has 2 rings (SSSR count). The van der Waals surface area contributed by atoms with E-state index in [0.29, 0.717) is 21.7 Å². The van der Waals surface area contributed by atoms with Crippen LogP contribution in [-0.2, 0) is 14.2 Å². The topological polar surface area (TPSA) is 143 Å². The van der Waals surface area contributed by atoms with Gasteiger partial charge in [0.25, 0.3) is 5.91 Å². The highest BCUT2D eigenvalue weighted by molar-refractivity contribution is 6.06. The number of aryl methyl sites for hydroxylation is 1. The Labute approximate surface area is 252 Å². The van der Waals surface area contributed by atoms with Crippen molar-refractivity contribution in [1.29, 1.82) is 5.26 Å². The highest BCUT2D eigenvalue weighted by Gasteiger charge is 2.43. The number of amides is 3. The molecule has 1 aliphatic rings. The lowest BCUT2D eigenvalue weighted by Crippen LogP contribution is -2.51. The quantitative estimate of drug-likeness (QED) is 0.384. The van der Waals surface area contributed by atoms with Crippen LogP contribution in [0, 0.1) is 18.3 Å². The minimum Gasteiger partial charge on any atom is -0.461 e. The Hall–Kier alpha value is -4.53. The van der Waals surface area contributed by atoms with Crippen molar-refractivity contribution in [1.82, 2.24) is 15.2 Å². The van der Waals surface area contributed by atoms with Gasteiger partial charge in [-0.25, -0.2) is 24.0 Å². The Kier molecular flexibility index (Phi) is 10.6. The van der Waals surface area contributed by atoms with E-state index in [9.17, 15) is 14.4 Å². The number of halogens is 1. The first-order valence-electron chi connectivity index (χ1n) is 13.6. The van der Waals surface area contributed by atoms with Gasteiger partial charge in [0.2, 0.25) is 0 Å². The third-order valence-corrected chi connectivity index (χ3v) is 5.83. The van der Waals surface area contributed by atoms with Crippen molar-refractivity contribution in [2.45, 2.75) is 98.5 Å². The Balaban J connectivity index is 2.37. The molecule has 0 bridgehead atoms. The molecule has 0 spiro atoms. The van der Waals surface area contributed by atoms with Gasteiger partial charge in [0.1, 0.15) is 34.9 Å². The average Bonchev–Trinajstić information content (AvgIpc) is 2.83. The van der Waals surface area contributed by atoms with Crippen LogP contribution >= 0.6 is 0 Å². The number of hydrogen-bond donors (Lipinski definition) is 1. The van der Waals surface area contributed by atoms with Crippen LogP contribution in [0.25, 0.3) is 0 Å². The molecule has 1 aromatic heterocycles. The van der Waals surface area contributed by atoms with Gasteiger partial charge in [0.05, 0.1) is 11.1 Å². The summed E-state index contributed by atoms with van der Waals surface area (Å²) >= 11 is 0. The molecule has 0 fully saturated rings. The predicted molar refractivity (Wildman–Crippen MR) is 159 cm³/mol. The summed E-state index contributed by atoms with van der Waals surface area (Å²) in [4.78, 5) is 47.9. The van der Waals surface area contributed by atoms with Gasteiger partial charge in [0.15, 0.2) is 0 Å². The van der Waals surface area contributed by atoms with E-state index in [1.807, 2.05) is 6.07 Å². The number of carbonyl (C=O) groups is 3. The summed E-state index contributed by atoms with van der Waals surface area (Å²) in [5, 5.41) is 11.6. The van der Waals surface area contributed by atoms with Gasteiger partial charge in [0, 0.05) is 23.9 Å². The molecular formula is C31H40FN5O6. The van der Waals surface area contributed by atoms with Crippen molar-refractivity contribution in [3.05, 3.63) is 64.9 Å². The van der Waals surface area contributed by atoms with Crippen molar-refractivity contribution in [2.24, 2.45) is 4.99 Å². The van der Waals surface area contributed by atoms with Crippen LogP contribution in [-0.4, -0.2) is 56.8 Å². The maximum atomic E-state index is 15.5. The Morgan fingerprint density at radius 2 is 1.74 bits per heavy atom. The van der Waals surface area contributed by atoms with Gasteiger partial charge in [-0.3, -0.25) is 4.79 Å². The molecule has 12 heteroatoms. The zero-order valence-electron chi connectivity index (χ0n) is 26.4. The molecule has 0 saturated carbocycles. The van der Waals surface area contributed by atoms with Crippen LogP contribution < -0.4 is 5.32 Å². The smallest absolute Gasteiger partial charge is 0.428 e. The second-order valence-electron chi connectivity index (χ2n) is 12.4. The summed E-state index contributed by atoms with van der Waals surface area (Å²) in [6, 6.07) is 3.09. The monoisotopic (exact) mass is 597 g/mol. The number of carbonyl (C=O) groups excluding carboxylic acids is 3. The van der Waals surface area contributed by atoms with Gasteiger partial charge in [-0.2, -0.15) is 5.26 Å². The third kappa shape index (κ3) is 9.77. The van der Waals surface area contributed by atoms with Crippen LogP contribution in [0.3, 0.4) is 0 Å². The van der Waals surface area contributed by atoms with E-state index >= 15 is 4.39 Å². The highest BCUT2D eigenvalue weighted by Crippen LogP contribution is 2.36. The zero-order valence-corrected chi connectivity index (χ0v) is 26.4. The van der Waals surface area contributed by atoms with Gasteiger partial charge < -0.3 is 19.5 Å². The van der Waals surface area contributed by atoms with E-state index in [4.69, 9.17) is 19.5 Å². The van der Waals surface area contributed by atoms with Crippen LogP contribution in [0.1, 0.15) is 90.3 Å². The molecule has 2 atom stereocenters. The van der Waals surface area contributed by atoms with Crippen molar-refractivity contribution >= 4 is 24.1 Å². The average molecular weight is 598 g/mol. The number of imide groups is 1.